The summed E-state index contributed by atoms with van der Waals surface area (Å²) in [5.41, 5.74) is 2.57. The van der Waals surface area contributed by atoms with Gasteiger partial charge in [-0.2, -0.15) is 0 Å². The van der Waals surface area contributed by atoms with Crippen LogP contribution in [0.2, 0.25) is 0 Å². The van der Waals surface area contributed by atoms with E-state index < -0.39 is 0 Å². The Morgan fingerprint density at radius 1 is 1.26 bits per heavy atom. The summed E-state index contributed by atoms with van der Waals surface area (Å²) in [5, 5.41) is 0. The smallest absolute Gasteiger partial charge is 0.157 e. The van der Waals surface area contributed by atoms with Gasteiger partial charge in [-0.25, -0.2) is 4.39 Å². The maximum Gasteiger partial charge on any atom is 0.157 e. The zero-order valence-electron chi connectivity index (χ0n) is 10.7. The topological polar surface area (TPSA) is 17.1 Å². The molecule has 1 saturated heterocycles. The monoisotopic (exact) mass is 294 g/mol. The normalized spacial score (nSPS) is 14.5. The molecule has 19 heavy (non-hydrogen) atoms. The number of thioether (sulfide) groups is 2. The highest BCUT2D eigenvalue weighted by Crippen LogP contribution is 2.41. The van der Waals surface area contributed by atoms with Crippen LogP contribution >= 0.6 is 23.5 Å². The highest BCUT2D eigenvalue weighted by atomic mass is 32.2. The van der Waals surface area contributed by atoms with Crippen molar-refractivity contribution in [2.24, 2.45) is 0 Å². The summed E-state index contributed by atoms with van der Waals surface area (Å²) < 4.78 is 14.0. The summed E-state index contributed by atoms with van der Waals surface area (Å²) in [7, 11) is 0. The van der Waals surface area contributed by atoms with Gasteiger partial charge in [-0.3, -0.25) is 4.79 Å². The van der Waals surface area contributed by atoms with E-state index in [4.69, 9.17) is 0 Å². The predicted molar refractivity (Wildman–Crippen MR) is 82.7 cm³/mol. The molecule has 0 aliphatic carbocycles. The van der Waals surface area contributed by atoms with Crippen LogP contribution in [-0.4, -0.2) is 17.3 Å². The lowest BCUT2D eigenvalue weighted by molar-refractivity contribution is -0.113. The first-order valence-corrected chi connectivity index (χ1v) is 7.98. The molecule has 0 saturated carbocycles. The summed E-state index contributed by atoms with van der Waals surface area (Å²) in [4.78, 5) is 11.8. The SMILES string of the molecule is C=C(CC(C(C)=O)=C1SCCS1)c1ccc(F)cc1. The number of rotatable bonds is 4. The Kier molecular flexibility index (Phi) is 4.88. The number of halogens is 1. The van der Waals surface area contributed by atoms with E-state index in [1.807, 2.05) is 0 Å². The summed E-state index contributed by atoms with van der Waals surface area (Å²) in [6.07, 6.45) is 0.538. The molecule has 0 amide bonds. The van der Waals surface area contributed by atoms with Crippen LogP contribution in [0.25, 0.3) is 5.57 Å². The molecular formula is C15H15FOS2. The fourth-order valence-corrected chi connectivity index (χ4v) is 4.48. The van der Waals surface area contributed by atoms with Gasteiger partial charge < -0.3 is 0 Å². The molecule has 1 aromatic rings. The van der Waals surface area contributed by atoms with Gasteiger partial charge in [-0.15, -0.1) is 23.5 Å². The molecule has 0 spiro atoms. The molecule has 1 aromatic carbocycles. The van der Waals surface area contributed by atoms with Crippen molar-refractivity contribution >= 4 is 34.9 Å². The van der Waals surface area contributed by atoms with Crippen LogP contribution in [0.5, 0.6) is 0 Å². The van der Waals surface area contributed by atoms with Crippen LogP contribution in [0.4, 0.5) is 4.39 Å². The Morgan fingerprint density at radius 3 is 2.37 bits per heavy atom. The van der Waals surface area contributed by atoms with Crippen molar-refractivity contribution in [3.05, 3.63) is 52.0 Å². The summed E-state index contributed by atoms with van der Waals surface area (Å²) >= 11 is 3.48. The molecule has 0 bridgehead atoms. The maximum atomic E-state index is 12.9. The first kappa shape index (κ1) is 14.4. The van der Waals surface area contributed by atoms with Gasteiger partial charge in [-0.1, -0.05) is 18.7 Å². The fourth-order valence-electron chi connectivity index (χ4n) is 1.83. The van der Waals surface area contributed by atoms with Crippen LogP contribution in [0.1, 0.15) is 18.9 Å². The third-order valence-electron chi connectivity index (χ3n) is 2.86. The second-order valence-corrected chi connectivity index (χ2v) is 6.78. The van der Waals surface area contributed by atoms with E-state index in [0.29, 0.717) is 6.42 Å². The van der Waals surface area contributed by atoms with Gasteiger partial charge in [0.05, 0.1) is 0 Å². The van der Waals surface area contributed by atoms with Crippen molar-refractivity contribution < 1.29 is 9.18 Å². The second kappa shape index (κ2) is 6.44. The highest BCUT2D eigenvalue weighted by molar-refractivity contribution is 8.25. The summed E-state index contributed by atoms with van der Waals surface area (Å²) in [5.74, 6) is 1.95. The average molecular weight is 294 g/mol. The van der Waals surface area contributed by atoms with Gasteiger partial charge >= 0.3 is 0 Å². The van der Waals surface area contributed by atoms with E-state index >= 15 is 0 Å². The molecule has 100 valence electrons. The van der Waals surface area contributed by atoms with Crippen LogP contribution < -0.4 is 0 Å². The summed E-state index contributed by atoms with van der Waals surface area (Å²) in [6.45, 7) is 5.62. The molecule has 2 rings (SSSR count). The number of carbonyl (C=O) groups excluding carboxylic acids is 1. The van der Waals surface area contributed by atoms with Crippen LogP contribution in [0, 0.1) is 5.82 Å². The van der Waals surface area contributed by atoms with Gasteiger partial charge in [-0.05, 0) is 30.2 Å². The predicted octanol–water partition coefficient (Wildman–Crippen LogP) is 4.51. The van der Waals surface area contributed by atoms with E-state index in [0.717, 1.165) is 32.5 Å². The Bertz CT molecular complexity index is 524. The van der Waals surface area contributed by atoms with Crippen LogP contribution in [0.15, 0.2) is 40.7 Å². The van der Waals surface area contributed by atoms with Crippen molar-refractivity contribution in [3.63, 3.8) is 0 Å². The lowest BCUT2D eigenvalue weighted by atomic mass is 9.99. The van der Waals surface area contributed by atoms with E-state index in [2.05, 4.69) is 6.58 Å². The molecule has 0 N–H and O–H groups in total. The molecule has 0 radical (unpaired) electrons. The molecule has 0 atom stereocenters. The van der Waals surface area contributed by atoms with Crippen LogP contribution in [-0.2, 0) is 4.79 Å². The second-order valence-electron chi connectivity index (χ2n) is 4.31. The lowest BCUT2D eigenvalue weighted by Gasteiger charge is -2.10. The molecule has 4 heteroatoms. The van der Waals surface area contributed by atoms with Gasteiger partial charge in [0.15, 0.2) is 5.78 Å². The maximum absolute atomic E-state index is 12.9. The largest absolute Gasteiger partial charge is 0.295 e. The third-order valence-corrected chi connectivity index (χ3v) is 5.66. The van der Waals surface area contributed by atoms with Gasteiger partial charge in [0, 0.05) is 27.7 Å². The number of Topliss-reactive ketones (excluding diaryl/α,β-unsaturated/α-hetero) is 1. The molecule has 1 aliphatic rings. The van der Waals surface area contributed by atoms with Crippen molar-refractivity contribution in [3.8, 4) is 0 Å². The Morgan fingerprint density at radius 2 is 1.84 bits per heavy atom. The molecule has 1 heterocycles. The highest BCUT2D eigenvalue weighted by Gasteiger charge is 2.18. The molecule has 1 aliphatic heterocycles. The number of hydrogen-bond acceptors (Lipinski definition) is 3. The minimum Gasteiger partial charge on any atom is -0.295 e. The molecule has 0 unspecified atom stereocenters. The molecule has 0 aromatic heterocycles. The fraction of sp³-hybridized carbons (Fsp3) is 0.267. The van der Waals surface area contributed by atoms with Crippen molar-refractivity contribution in [2.75, 3.05) is 11.5 Å². The lowest BCUT2D eigenvalue weighted by Crippen LogP contribution is -1.99. The van der Waals surface area contributed by atoms with Gasteiger partial charge in [0.25, 0.3) is 0 Å². The van der Waals surface area contributed by atoms with Gasteiger partial charge in [0.2, 0.25) is 0 Å². The third kappa shape index (κ3) is 3.74. The van der Waals surface area contributed by atoms with Crippen molar-refractivity contribution in [2.45, 2.75) is 13.3 Å². The first-order chi connectivity index (χ1) is 9.08. The molecule has 1 fully saturated rings. The van der Waals surface area contributed by atoms with E-state index in [1.54, 1.807) is 42.6 Å². The minimum absolute atomic E-state index is 0.0974. The minimum atomic E-state index is -0.261. The Hall–Kier alpha value is -1.00. The van der Waals surface area contributed by atoms with E-state index in [1.165, 1.54) is 12.1 Å². The number of ketones is 1. The molecular weight excluding hydrogens is 279 g/mol. The first-order valence-electron chi connectivity index (χ1n) is 6.01. The number of carbonyl (C=O) groups is 1. The van der Waals surface area contributed by atoms with Gasteiger partial charge in [0.1, 0.15) is 5.82 Å². The number of benzene rings is 1. The number of allylic oxidation sites excluding steroid dienone is 2. The van der Waals surface area contributed by atoms with E-state index in [9.17, 15) is 9.18 Å². The quantitative estimate of drug-likeness (QED) is 0.761. The standard InChI is InChI=1S/C15H15FOS2/c1-10(12-3-5-13(16)6-4-12)9-14(11(2)17)15-18-7-8-19-15/h3-6H,1,7-9H2,2H3. The Labute approximate surface area is 121 Å². The van der Waals surface area contributed by atoms with E-state index in [-0.39, 0.29) is 11.6 Å². The van der Waals surface area contributed by atoms with Crippen LogP contribution in [0.3, 0.4) is 0 Å². The Balaban J connectivity index is 2.18. The van der Waals surface area contributed by atoms with Crippen molar-refractivity contribution in [1.29, 1.82) is 0 Å². The zero-order valence-corrected chi connectivity index (χ0v) is 12.4. The summed E-state index contributed by atoms with van der Waals surface area (Å²) in [6, 6.07) is 6.24. The average Bonchev–Trinajstić information content (AvgIpc) is 2.89. The number of hydrogen-bond donors (Lipinski definition) is 0. The zero-order chi connectivity index (χ0) is 13.8. The molecule has 1 nitrogen and oxygen atoms in total. The van der Waals surface area contributed by atoms with Crippen molar-refractivity contribution in [1.82, 2.24) is 0 Å².